The van der Waals surface area contributed by atoms with E-state index in [9.17, 15) is 24.3 Å². The minimum atomic E-state index is -1.13. The van der Waals surface area contributed by atoms with E-state index in [0.29, 0.717) is 6.42 Å². The summed E-state index contributed by atoms with van der Waals surface area (Å²) < 4.78 is 0. The molecule has 0 saturated heterocycles. The van der Waals surface area contributed by atoms with Crippen LogP contribution in [-0.2, 0) is 19.2 Å². The Hall–Kier alpha value is -2.16. The largest absolute Gasteiger partial charge is 0.480 e. The summed E-state index contributed by atoms with van der Waals surface area (Å²) in [7, 11) is 0. The van der Waals surface area contributed by atoms with Crippen molar-refractivity contribution in [3.8, 4) is 0 Å². The molecule has 9 nitrogen and oxygen atoms in total. The number of aliphatic carboxylic acids is 1. The number of nitrogens with one attached hydrogen (secondary N) is 3. The third kappa shape index (κ3) is 10.3. The lowest BCUT2D eigenvalue weighted by atomic mass is 10.00. The van der Waals surface area contributed by atoms with Gasteiger partial charge in [-0.05, 0) is 37.5 Å². The molecule has 4 unspecified atom stereocenters. The minimum absolute atomic E-state index is 0.0804. The molecular weight excluding hydrogens is 376 g/mol. The zero-order valence-electron chi connectivity index (χ0n) is 18.6. The van der Waals surface area contributed by atoms with Gasteiger partial charge in [0.05, 0.1) is 6.04 Å². The lowest BCUT2D eigenvalue weighted by molar-refractivity contribution is -0.142. The summed E-state index contributed by atoms with van der Waals surface area (Å²) in [6.45, 7) is 12.6. The van der Waals surface area contributed by atoms with Crippen molar-refractivity contribution >= 4 is 23.7 Å². The number of amides is 3. The summed E-state index contributed by atoms with van der Waals surface area (Å²) in [5.74, 6) is -2.59. The number of rotatable bonds is 12. The van der Waals surface area contributed by atoms with Crippen LogP contribution < -0.4 is 21.7 Å². The molecule has 0 bridgehead atoms. The molecule has 0 spiro atoms. The first-order valence-electron chi connectivity index (χ1n) is 10.2. The Balaban J connectivity index is 4.97. The van der Waals surface area contributed by atoms with Gasteiger partial charge in [0.2, 0.25) is 17.7 Å². The fourth-order valence-corrected chi connectivity index (χ4v) is 2.77. The Morgan fingerprint density at radius 2 is 1.28 bits per heavy atom. The van der Waals surface area contributed by atoms with Gasteiger partial charge in [-0.25, -0.2) is 4.79 Å². The van der Waals surface area contributed by atoms with Crippen molar-refractivity contribution in [1.29, 1.82) is 0 Å². The molecule has 6 N–H and O–H groups in total. The minimum Gasteiger partial charge on any atom is -0.480 e. The first-order chi connectivity index (χ1) is 13.3. The van der Waals surface area contributed by atoms with Gasteiger partial charge in [0.25, 0.3) is 0 Å². The predicted molar refractivity (Wildman–Crippen MR) is 111 cm³/mol. The Morgan fingerprint density at radius 1 is 0.759 bits per heavy atom. The van der Waals surface area contributed by atoms with Crippen LogP contribution >= 0.6 is 0 Å². The average Bonchev–Trinajstić information content (AvgIpc) is 2.56. The van der Waals surface area contributed by atoms with Crippen LogP contribution in [0.15, 0.2) is 0 Å². The third-order valence-electron chi connectivity index (χ3n) is 4.38. The second kappa shape index (κ2) is 12.4. The second-order valence-electron chi connectivity index (χ2n) is 8.73. The van der Waals surface area contributed by atoms with E-state index in [0.717, 1.165) is 0 Å². The number of carboxylic acid groups (broad SMARTS) is 1. The average molecular weight is 415 g/mol. The molecule has 0 aromatic rings. The summed E-state index contributed by atoms with van der Waals surface area (Å²) >= 11 is 0. The van der Waals surface area contributed by atoms with Crippen molar-refractivity contribution in [3.05, 3.63) is 0 Å². The monoisotopic (exact) mass is 414 g/mol. The van der Waals surface area contributed by atoms with Gasteiger partial charge in [-0.3, -0.25) is 14.4 Å². The van der Waals surface area contributed by atoms with E-state index in [-0.39, 0.29) is 24.2 Å². The molecule has 0 aliphatic rings. The Kier molecular flexibility index (Phi) is 11.5. The molecule has 0 aliphatic carbocycles. The zero-order valence-corrected chi connectivity index (χ0v) is 18.6. The molecule has 0 heterocycles. The molecule has 9 heteroatoms. The van der Waals surface area contributed by atoms with Crippen LogP contribution in [0.1, 0.15) is 61.3 Å². The highest BCUT2D eigenvalue weighted by Gasteiger charge is 2.30. The maximum atomic E-state index is 12.6. The van der Waals surface area contributed by atoms with Gasteiger partial charge >= 0.3 is 5.97 Å². The molecule has 0 aromatic carbocycles. The topological polar surface area (TPSA) is 151 Å². The zero-order chi connectivity index (χ0) is 22.9. The molecule has 0 aliphatic heterocycles. The number of nitrogens with two attached hydrogens (primary N) is 1. The highest BCUT2D eigenvalue weighted by Crippen LogP contribution is 2.08. The van der Waals surface area contributed by atoms with E-state index in [2.05, 4.69) is 16.0 Å². The van der Waals surface area contributed by atoms with E-state index in [1.165, 1.54) is 6.92 Å². The van der Waals surface area contributed by atoms with Crippen LogP contribution in [0.2, 0.25) is 0 Å². The maximum absolute atomic E-state index is 12.6. The number of hydrogen-bond donors (Lipinski definition) is 5. The predicted octanol–water partition coefficient (Wildman–Crippen LogP) is 0.621. The Labute approximate surface area is 173 Å². The van der Waals surface area contributed by atoms with Crippen LogP contribution in [0.5, 0.6) is 0 Å². The molecule has 0 radical (unpaired) electrons. The smallest absolute Gasteiger partial charge is 0.326 e. The maximum Gasteiger partial charge on any atom is 0.326 e. The number of carbonyl (C=O) groups excluding carboxylic acids is 3. The van der Waals surface area contributed by atoms with Crippen molar-refractivity contribution in [2.75, 3.05) is 0 Å². The van der Waals surface area contributed by atoms with Gasteiger partial charge in [0.1, 0.15) is 18.1 Å². The number of carboxylic acids is 1. The third-order valence-corrected chi connectivity index (χ3v) is 4.38. The highest BCUT2D eigenvalue weighted by atomic mass is 16.4. The standard InChI is InChI=1S/C20H38N4O5/c1-10(2)8-14(21)18(26)24-16(12(5)6)19(27)22-13(7)17(25)23-15(20(28)29)9-11(3)4/h10-16H,8-9,21H2,1-7H3,(H,22,27)(H,23,25)(H,24,26)(H,28,29). The quantitative estimate of drug-likeness (QED) is 0.316. The molecule has 3 amide bonds. The van der Waals surface area contributed by atoms with E-state index in [1.807, 2.05) is 27.7 Å². The van der Waals surface area contributed by atoms with Crippen molar-refractivity contribution in [2.24, 2.45) is 23.5 Å². The first kappa shape index (κ1) is 26.8. The van der Waals surface area contributed by atoms with Crippen LogP contribution in [0.3, 0.4) is 0 Å². The van der Waals surface area contributed by atoms with Crippen LogP contribution in [0.4, 0.5) is 0 Å². The normalized spacial score (nSPS) is 15.6. The van der Waals surface area contributed by atoms with Gasteiger partial charge < -0.3 is 26.8 Å². The summed E-state index contributed by atoms with van der Waals surface area (Å²) in [6, 6.07) is -3.57. The van der Waals surface area contributed by atoms with Crippen LogP contribution in [0, 0.1) is 17.8 Å². The Bertz CT molecular complexity index is 577. The molecule has 0 saturated carbocycles. The van der Waals surface area contributed by atoms with Crippen molar-refractivity contribution in [3.63, 3.8) is 0 Å². The van der Waals surface area contributed by atoms with Gasteiger partial charge in [0, 0.05) is 0 Å². The van der Waals surface area contributed by atoms with Crippen molar-refractivity contribution in [2.45, 2.75) is 85.5 Å². The van der Waals surface area contributed by atoms with Gasteiger partial charge in [-0.15, -0.1) is 0 Å². The van der Waals surface area contributed by atoms with Gasteiger partial charge in [0.15, 0.2) is 0 Å². The first-order valence-corrected chi connectivity index (χ1v) is 10.2. The van der Waals surface area contributed by atoms with Gasteiger partial charge in [-0.2, -0.15) is 0 Å². The molecule has 0 aromatic heterocycles. The fourth-order valence-electron chi connectivity index (χ4n) is 2.77. The molecule has 0 fully saturated rings. The second-order valence-corrected chi connectivity index (χ2v) is 8.73. The molecular formula is C20H38N4O5. The molecule has 0 rings (SSSR count). The lowest BCUT2D eigenvalue weighted by Crippen LogP contribution is -2.57. The summed E-state index contributed by atoms with van der Waals surface area (Å²) in [6.07, 6.45) is 0.768. The summed E-state index contributed by atoms with van der Waals surface area (Å²) in [5, 5.41) is 16.9. The van der Waals surface area contributed by atoms with E-state index < -0.39 is 47.9 Å². The SMILES string of the molecule is CC(C)CC(N)C(=O)NC(C(=O)NC(C)C(=O)NC(CC(C)C)C(=O)O)C(C)C. The van der Waals surface area contributed by atoms with Crippen LogP contribution in [-0.4, -0.2) is 53.0 Å². The summed E-state index contributed by atoms with van der Waals surface area (Å²) in [5.41, 5.74) is 5.88. The lowest BCUT2D eigenvalue weighted by Gasteiger charge is -2.26. The fraction of sp³-hybridized carbons (Fsp3) is 0.800. The van der Waals surface area contributed by atoms with Gasteiger partial charge in [-0.1, -0.05) is 41.5 Å². The van der Waals surface area contributed by atoms with Crippen molar-refractivity contribution < 1.29 is 24.3 Å². The number of hydrogen-bond acceptors (Lipinski definition) is 5. The molecule has 168 valence electrons. The van der Waals surface area contributed by atoms with E-state index >= 15 is 0 Å². The molecule has 29 heavy (non-hydrogen) atoms. The number of carbonyl (C=O) groups is 4. The highest BCUT2D eigenvalue weighted by molar-refractivity contribution is 5.94. The van der Waals surface area contributed by atoms with Crippen molar-refractivity contribution in [1.82, 2.24) is 16.0 Å². The summed E-state index contributed by atoms with van der Waals surface area (Å²) in [4.78, 5) is 48.5. The Morgan fingerprint density at radius 3 is 1.69 bits per heavy atom. The van der Waals surface area contributed by atoms with E-state index in [4.69, 9.17) is 5.73 Å². The molecule has 4 atom stereocenters. The van der Waals surface area contributed by atoms with Crippen LogP contribution in [0.25, 0.3) is 0 Å². The van der Waals surface area contributed by atoms with E-state index in [1.54, 1.807) is 13.8 Å².